The number of ketones is 1. The molecule has 0 aliphatic carbocycles. The average molecular weight is 378 g/mol. The topological polar surface area (TPSA) is 49.9 Å². The molecule has 1 heterocycles. The van der Waals surface area contributed by atoms with Gasteiger partial charge >= 0.3 is 0 Å². The second-order valence-electron chi connectivity index (χ2n) is 6.24. The number of aromatic nitrogens is 1. The van der Waals surface area contributed by atoms with Gasteiger partial charge in [0.05, 0.1) is 5.56 Å². The number of aromatic amines is 1. The predicted octanol–water partition coefficient (Wildman–Crippen LogP) is 4.39. The maximum Gasteiger partial charge on any atom is 0.259 e. The van der Waals surface area contributed by atoms with E-state index in [-0.39, 0.29) is 22.8 Å². The van der Waals surface area contributed by atoms with Gasteiger partial charge < -0.3 is 4.98 Å². The molecule has 5 heteroatoms. The normalized spacial score (nSPS) is 12.5. The van der Waals surface area contributed by atoms with Gasteiger partial charge in [-0.1, -0.05) is 48.9 Å². The number of benzene rings is 2. The number of hydrogen-bond acceptors (Lipinski definition) is 2. The van der Waals surface area contributed by atoms with Crippen LogP contribution in [0.2, 0.25) is 5.02 Å². The molecule has 26 heavy (non-hydrogen) atoms. The van der Waals surface area contributed by atoms with Crippen molar-refractivity contribution in [2.24, 2.45) is 0 Å². The lowest BCUT2D eigenvalue weighted by Crippen LogP contribution is -2.21. The monoisotopic (exact) mass is 377 g/mol. The van der Waals surface area contributed by atoms with Crippen LogP contribution in [0.25, 0.3) is 10.9 Å². The highest BCUT2D eigenvalue weighted by molar-refractivity contribution is 6.31. The second kappa shape index (κ2) is 8.05. The predicted molar refractivity (Wildman–Crippen MR) is 107 cm³/mol. The minimum absolute atomic E-state index is 0.145. The van der Waals surface area contributed by atoms with Gasteiger partial charge in [0.15, 0.2) is 22.1 Å². The van der Waals surface area contributed by atoms with Crippen LogP contribution in [0.4, 0.5) is 0 Å². The number of nitrogens with one attached hydrogen (secondary N) is 1. The van der Waals surface area contributed by atoms with E-state index in [1.54, 1.807) is 23.1 Å². The van der Waals surface area contributed by atoms with Crippen molar-refractivity contribution in [1.82, 2.24) is 4.98 Å². The van der Waals surface area contributed by atoms with E-state index >= 15 is 0 Å². The summed E-state index contributed by atoms with van der Waals surface area (Å²) in [5.74, 6) is -0.162. The van der Waals surface area contributed by atoms with E-state index in [0.717, 1.165) is 16.5 Å². The first kappa shape index (κ1) is 18.7. The van der Waals surface area contributed by atoms with Crippen molar-refractivity contribution in [3.8, 4) is 0 Å². The lowest BCUT2D eigenvalue weighted by atomic mass is 9.88. The van der Waals surface area contributed by atoms with E-state index in [0.29, 0.717) is 17.0 Å². The van der Waals surface area contributed by atoms with E-state index in [9.17, 15) is 9.59 Å². The molecule has 1 unspecified atom stereocenters. The molecule has 0 saturated carbocycles. The van der Waals surface area contributed by atoms with Crippen LogP contribution in [0.1, 0.15) is 34.3 Å². The van der Waals surface area contributed by atoms with Gasteiger partial charge in [0, 0.05) is 15.9 Å². The van der Waals surface area contributed by atoms with Crippen molar-refractivity contribution in [1.29, 1.82) is 0 Å². The number of fused-ring (bicyclic) bond motifs is 1. The third-order valence-corrected chi connectivity index (χ3v) is 4.88. The van der Waals surface area contributed by atoms with Crippen molar-refractivity contribution >= 4 is 44.6 Å². The van der Waals surface area contributed by atoms with Crippen molar-refractivity contribution in [3.05, 3.63) is 91.6 Å². The molecule has 128 valence electrons. The fraction of sp³-hybridized carbons (Fsp3) is 0.143. The van der Waals surface area contributed by atoms with Crippen molar-refractivity contribution in [3.63, 3.8) is 0 Å². The van der Waals surface area contributed by atoms with Crippen LogP contribution in [-0.2, 0) is 6.42 Å². The SMILES string of the molecule is CC(Cc1c(C(=O)/C=[CH]/[Al])c(=O)[nH]c2ccc(Cl)cc12)c1ccccc1. The zero-order valence-electron chi connectivity index (χ0n) is 14.3. The van der Waals surface area contributed by atoms with Gasteiger partial charge in [-0.25, -0.2) is 0 Å². The molecule has 1 atom stereocenters. The number of pyridine rings is 1. The molecule has 3 aromatic rings. The summed E-state index contributed by atoms with van der Waals surface area (Å²) in [6.45, 7) is 2.09. The number of halogens is 1. The fourth-order valence-corrected chi connectivity index (χ4v) is 3.53. The molecule has 2 radical (unpaired) electrons. The van der Waals surface area contributed by atoms with Crippen LogP contribution in [0.5, 0.6) is 0 Å². The highest BCUT2D eigenvalue weighted by Gasteiger charge is 2.20. The molecule has 0 amide bonds. The molecule has 0 aliphatic rings. The lowest BCUT2D eigenvalue weighted by molar-refractivity contribution is 0.104. The Morgan fingerprint density at radius 3 is 2.65 bits per heavy atom. The van der Waals surface area contributed by atoms with Crippen molar-refractivity contribution in [2.75, 3.05) is 0 Å². The summed E-state index contributed by atoms with van der Waals surface area (Å²) in [6, 6.07) is 15.4. The Hall–Kier alpha value is -2.12. The van der Waals surface area contributed by atoms with Crippen LogP contribution in [0, 0.1) is 0 Å². The van der Waals surface area contributed by atoms with Gasteiger partial charge in [-0.3, -0.25) is 9.59 Å². The first-order valence-corrected chi connectivity index (χ1v) is 9.37. The highest BCUT2D eigenvalue weighted by atomic mass is 35.5. The Kier molecular flexibility index (Phi) is 5.78. The molecule has 0 saturated heterocycles. The third kappa shape index (κ3) is 3.83. The third-order valence-electron chi connectivity index (χ3n) is 4.46. The molecular formula is C21H17AlClNO2. The Morgan fingerprint density at radius 2 is 1.96 bits per heavy atom. The second-order valence-corrected chi connectivity index (χ2v) is 7.06. The van der Waals surface area contributed by atoms with Crippen LogP contribution < -0.4 is 5.56 Å². The maximum absolute atomic E-state index is 12.6. The number of carbonyl (C=O) groups is 1. The number of hydrogen-bond donors (Lipinski definition) is 1. The Morgan fingerprint density at radius 1 is 1.23 bits per heavy atom. The van der Waals surface area contributed by atoms with E-state index in [2.05, 4.69) is 40.3 Å². The average Bonchev–Trinajstić information content (AvgIpc) is 2.63. The van der Waals surface area contributed by atoms with Gasteiger partial charge in [0.2, 0.25) is 0 Å². The number of carbonyl (C=O) groups excluding carboxylic acids is 1. The molecule has 3 rings (SSSR count). The van der Waals surface area contributed by atoms with Crippen molar-refractivity contribution in [2.45, 2.75) is 19.3 Å². The standard InChI is InChI=1S/C21H17ClNO2.Al/c1-3-19(24)20-17(11-13(2)14-7-5-4-6-8-14)16-12-15(22)9-10-18(16)23-21(20)25;/h1,3-10,12-13H,11H2,2H3,(H,23,25);. The van der Waals surface area contributed by atoms with E-state index in [4.69, 9.17) is 11.6 Å². The largest absolute Gasteiger partial charge is 0.321 e. The van der Waals surface area contributed by atoms with Crippen LogP contribution >= 0.6 is 11.6 Å². The summed E-state index contributed by atoms with van der Waals surface area (Å²) in [5, 5.41) is 1.37. The van der Waals surface area contributed by atoms with Gasteiger partial charge in [0.25, 0.3) is 5.56 Å². The molecule has 1 aromatic heterocycles. The fourth-order valence-electron chi connectivity index (χ4n) is 3.18. The maximum atomic E-state index is 12.6. The van der Waals surface area contributed by atoms with Crippen LogP contribution in [0.3, 0.4) is 0 Å². The molecule has 1 N–H and O–H groups in total. The van der Waals surface area contributed by atoms with Gasteiger partial charge in [0.1, 0.15) is 0 Å². The Labute approximate surface area is 165 Å². The molecule has 0 bridgehead atoms. The Balaban J connectivity index is 2.22. The van der Waals surface area contributed by atoms with Gasteiger partial charge in [-0.2, -0.15) is 4.94 Å². The summed E-state index contributed by atoms with van der Waals surface area (Å²) in [5.41, 5.74) is 2.38. The Bertz CT molecular complexity index is 1040. The number of allylic oxidation sites excluding steroid dienone is 1. The quantitative estimate of drug-likeness (QED) is 0.407. The van der Waals surface area contributed by atoms with Gasteiger partial charge in [-0.05, 0) is 47.7 Å². The molecule has 0 aliphatic heterocycles. The zero-order valence-corrected chi connectivity index (χ0v) is 16.2. The minimum atomic E-state index is -0.372. The van der Waals surface area contributed by atoms with E-state index in [1.807, 2.05) is 18.2 Å². The number of H-pyrrole nitrogens is 1. The van der Waals surface area contributed by atoms with Crippen LogP contribution in [0.15, 0.2) is 64.3 Å². The molecule has 0 spiro atoms. The van der Waals surface area contributed by atoms with E-state index < -0.39 is 0 Å². The van der Waals surface area contributed by atoms with Crippen molar-refractivity contribution < 1.29 is 4.79 Å². The first-order valence-electron chi connectivity index (χ1n) is 8.33. The minimum Gasteiger partial charge on any atom is -0.321 e. The molecule has 3 nitrogen and oxygen atoms in total. The summed E-state index contributed by atoms with van der Waals surface area (Å²) in [6.07, 6.45) is 1.96. The highest BCUT2D eigenvalue weighted by Crippen LogP contribution is 2.28. The number of rotatable bonds is 5. The molecule has 2 aromatic carbocycles. The summed E-state index contributed by atoms with van der Waals surface area (Å²) < 4.78 is 0. The molecule has 0 fully saturated rings. The zero-order chi connectivity index (χ0) is 18.7. The summed E-state index contributed by atoms with van der Waals surface area (Å²) in [7, 11) is 0. The first-order chi connectivity index (χ1) is 12.5. The summed E-state index contributed by atoms with van der Waals surface area (Å²) >= 11 is 8.54. The van der Waals surface area contributed by atoms with Gasteiger partial charge in [-0.15, -0.1) is 0 Å². The smallest absolute Gasteiger partial charge is 0.259 e. The lowest BCUT2D eigenvalue weighted by Gasteiger charge is -2.16. The summed E-state index contributed by atoms with van der Waals surface area (Å²) in [4.78, 5) is 29.6. The molecular weight excluding hydrogens is 361 g/mol. The van der Waals surface area contributed by atoms with Crippen LogP contribution in [-0.4, -0.2) is 27.1 Å². The van der Waals surface area contributed by atoms with E-state index in [1.165, 1.54) is 6.08 Å².